The van der Waals surface area contributed by atoms with Gasteiger partial charge in [-0.2, -0.15) is 0 Å². The number of carboxylic acids is 1. The molecule has 1 saturated heterocycles. The highest BCUT2D eigenvalue weighted by Crippen LogP contribution is 2.38. The van der Waals surface area contributed by atoms with Gasteiger partial charge in [-0.05, 0) is 61.7 Å². The zero-order chi connectivity index (χ0) is 28.9. The molecule has 4 aromatic rings. The van der Waals surface area contributed by atoms with E-state index in [2.05, 4.69) is 10.3 Å². The molecule has 216 valence electrons. The first-order chi connectivity index (χ1) is 19.8. The molecule has 0 aliphatic carbocycles. The number of carboxylic acid groups (broad SMARTS) is 1. The molecular weight excluding hydrogens is 572 g/mol. The van der Waals surface area contributed by atoms with Crippen molar-refractivity contribution in [2.24, 2.45) is 5.92 Å². The first-order valence-electron chi connectivity index (χ1n) is 13.1. The molecule has 2 N–H and O–H groups in total. The summed E-state index contributed by atoms with van der Waals surface area (Å²) < 4.78 is 40.5. The van der Waals surface area contributed by atoms with Gasteiger partial charge in [0.2, 0.25) is 0 Å². The second-order valence-corrected chi connectivity index (χ2v) is 11.9. The van der Waals surface area contributed by atoms with E-state index in [0.29, 0.717) is 39.7 Å². The fourth-order valence-electron chi connectivity index (χ4n) is 4.89. The summed E-state index contributed by atoms with van der Waals surface area (Å²) in [5, 5.41) is 15.0. The van der Waals surface area contributed by atoms with Gasteiger partial charge in [0.15, 0.2) is 11.6 Å². The average Bonchev–Trinajstić information content (AvgIpc) is 3.62. The molecule has 1 amide bonds. The van der Waals surface area contributed by atoms with Crippen molar-refractivity contribution in [1.29, 1.82) is 0 Å². The topological polar surface area (TPSA) is 101 Å². The van der Waals surface area contributed by atoms with Crippen LogP contribution in [0.3, 0.4) is 0 Å². The number of hydrogen-bond acceptors (Lipinski definition) is 8. The van der Waals surface area contributed by atoms with Crippen LogP contribution in [0.5, 0.6) is 5.75 Å². The summed E-state index contributed by atoms with van der Waals surface area (Å²) in [4.78, 5) is 31.0. The third-order valence-electron chi connectivity index (χ3n) is 6.88. The molecule has 1 aliphatic heterocycles. The first kappa shape index (κ1) is 29.1. The maximum absolute atomic E-state index is 14.4. The Morgan fingerprint density at radius 1 is 1.15 bits per heavy atom. The highest BCUT2D eigenvalue weighted by molar-refractivity contribution is 7.19. The molecule has 12 heteroatoms. The predicted octanol–water partition coefficient (Wildman–Crippen LogP) is 5.55. The summed E-state index contributed by atoms with van der Waals surface area (Å²) in [7, 11) is 1.55. The molecule has 2 aromatic carbocycles. The first-order valence-corrected chi connectivity index (χ1v) is 14.8. The minimum atomic E-state index is -1.06. The second kappa shape index (κ2) is 13.0. The normalized spacial score (nSPS) is 13.9. The molecule has 1 fully saturated rings. The zero-order valence-corrected chi connectivity index (χ0v) is 24.0. The fourth-order valence-corrected chi connectivity index (χ4v) is 6.73. The minimum absolute atomic E-state index is 0.116. The molecule has 3 heterocycles. The molecule has 41 heavy (non-hydrogen) atoms. The number of fused-ring (bicyclic) bond motifs is 1. The zero-order valence-electron chi connectivity index (χ0n) is 22.3. The predicted molar refractivity (Wildman–Crippen MR) is 153 cm³/mol. The van der Waals surface area contributed by atoms with E-state index < -0.39 is 23.5 Å². The molecule has 0 atom stereocenters. The number of rotatable bonds is 11. The van der Waals surface area contributed by atoms with Crippen molar-refractivity contribution in [1.82, 2.24) is 15.2 Å². The maximum Gasteiger partial charge on any atom is 0.323 e. The quantitative estimate of drug-likeness (QED) is 0.232. The minimum Gasteiger partial charge on any atom is -0.486 e. The molecule has 2 aromatic heterocycles. The summed E-state index contributed by atoms with van der Waals surface area (Å²) in [6.45, 7) is 2.15. The summed E-state index contributed by atoms with van der Waals surface area (Å²) >= 11 is 2.62. The van der Waals surface area contributed by atoms with Crippen molar-refractivity contribution in [3.8, 4) is 16.9 Å². The molecule has 5 rings (SSSR count). The summed E-state index contributed by atoms with van der Waals surface area (Å²) in [5.74, 6) is -2.47. The second-order valence-electron chi connectivity index (χ2n) is 9.82. The monoisotopic (exact) mass is 601 g/mol. The standard InChI is InChI=1S/C29H29F2N3O5S2/c1-38-14-20-10-22-27(31)23(30)11-21(28(22)41-20)18-2-4-19(5-3-18)39-15-25-33-24(16-40-25)29(37)34(13-26(35)36)12-17-6-8-32-9-7-17/h2-5,10-11,16-17,32H,6-9,12-15H2,1H3,(H,35,36). The van der Waals surface area contributed by atoms with Crippen molar-refractivity contribution in [2.45, 2.75) is 26.1 Å². The van der Waals surface area contributed by atoms with E-state index in [9.17, 15) is 23.5 Å². The summed E-state index contributed by atoms with van der Waals surface area (Å²) in [5.41, 5.74) is 1.49. The van der Waals surface area contributed by atoms with E-state index in [1.807, 2.05) is 0 Å². The largest absolute Gasteiger partial charge is 0.486 e. The lowest BCUT2D eigenvalue weighted by atomic mass is 9.97. The van der Waals surface area contributed by atoms with Gasteiger partial charge in [-0.15, -0.1) is 22.7 Å². The number of benzene rings is 2. The average molecular weight is 602 g/mol. The molecule has 1 aliphatic rings. The Balaban J connectivity index is 1.25. The number of ether oxygens (including phenoxy) is 2. The van der Waals surface area contributed by atoms with E-state index in [0.717, 1.165) is 30.8 Å². The Labute approximate surface area is 243 Å². The summed E-state index contributed by atoms with van der Waals surface area (Å²) in [6.07, 6.45) is 1.78. The van der Waals surface area contributed by atoms with Crippen LogP contribution in [0.25, 0.3) is 21.2 Å². The van der Waals surface area contributed by atoms with Crippen LogP contribution in [0.1, 0.15) is 33.2 Å². The Bertz CT molecular complexity index is 1530. The van der Waals surface area contributed by atoms with Crippen LogP contribution in [0.2, 0.25) is 0 Å². The molecule has 8 nitrogen and oxygen atoms in total. The number of methoxy groups -OCH3 is 1. The number of piperidine rings is 1. The van der Waals surface area contributed by atoms with Crippen molar-refractivity contribution < 1.29 is 33.0 Å². The number of thiophene rings is 1. The van der Waals surface area contributed by atoms with E-state index in [-0.39, 0.29) is 30.1 Å². The van der Waals surface area contributed by atoms with Gasteiger partial charge < -0.3 is 24.8 Å². The van der Waals surface area contributed by atoms with Gasteiger partial charge in [-0.3, -0.25) is 9.59 Å². The van der Waals surface area contributed by atoms with Crippen LogP contribution in [-0.2, 0) is 22.7 Å². The molecule has 0 spiro atoms. The highest BCUT2D eigenvalue weighted by atomic mass is 32.1. The van der Waals surface area contributed by atoms with E-state index in [1.54, 1.807) is 42.8 Å². The fraction of sp³-hybridized carbons (Fsp3) is 0.345. The maximum atomic E-state index is 14.4. The Hall–Kier alpha value is -3.45. The number of carbonyl (C=O) groups excluding carboxylic acids is 1. The van der Waals surface area contributed by atoms with Gasteiger partial charge in [0.25, 0.3) is 5.91 Å². The smallest absolute Gasteiger partial charge is 0.323 e. The van der Waals surface area contributed by atoms with Crippen LogP contribution >= 0.6 is 22.7 Å². The van der Waals surface area contributed by atoms with E-state index in [1.165, 1.54) is 33.6 Å². The van der Waals surface area contributed by atoms with Gasteiger partial charge in [0, 0.05) is 39.6 Å². The number of carbonyl (C=O) groups is 2. The van der Waals surface area contributed by atoms with Crippen LogP contribution in [-0.4, -0.2) is 60.2 Å². The number of nitrogens with zero attached hydrogens (tertiary/aromatic N) is 2. The molecular formula is C29H29F2N3O5S2. The Morgan fingerprint density at radius 3 is 2.61 bits per heavy atom. The number of thiazole rings is 1. The number of amides is 1. The molecule has 0 saturated carbocycles. The van der Waals surface area contributed by atoms with Crippen LogP contribution in [0.15, 0.2) is 41.8 Å². The lowest BCUT2D eigenvalue weighted by molar-refractivity contribution is -0.137. The summed E-state index contributed by atoms with van der Waals surface area (Å²) in [6, 6.07) is 9.84. The van der Waals surface area contributed by atoms with Crippen LogP contribution in [0.4, 0.5) is 8.78 Å². The van der Waals surface area contributed by atoms with Gasteiger partial charge in [0.1, 0.15) is 29.6 Å². The van der Waals surface area contributed by atoms with Gasteiger partial charge in [-0.1, -0.05) is 12.1 Å². The molecule has 0 bridgehead atoms. The highest BCUT2D eigenvalue weighted by Gasteiger charge is 2.25. The van der Waals surface area contributed by atoms with E-state index in [4.69, 9.17) is 9.47 Å². The van der Waals surface area contributed by atoms with Gasteiger partial charge in [0.05, 0.1) is 6.61 Å². The molecule has 0 radical (unpaired) electrons. The Kier molecular flexibility index (Phi) is 9.23. The van der Waals surface area contributed by atoms with Gasteiger partial charge in [-0.25, -0.2) is 13.8 Å². The molecule has 0 unspecified atom stereocenters. The number of aromatic nitrogens is 1. The number of hydrogen-bond donors (Lipinski definition) is 2. The van der Waals surface area contributed by atoms with Crippen molar-refractivity contribution >= 4 is 44.6 Å². The van der Waals surface area contributed by atoms with Crippen molar-refractivity contribution in [3.63, 3.8) is 0 Å². The van der Waals surface area contributed by atoms with Gasteiger partial charge >= 0.3 is 5.97 Å². The van der Waals surface area contributed by atoms with Crippen LogP contribution in [0, 0.1) is 17.6 Å². The third-order valence-corrected chi connectivity index (χ3v) is 8.84. The Morgan fingerprint density at radius 2 is 1.90 bits per heavy atom. The lowest BCUT2D eigenvalue weighted by Crippen LogP contribution is -2.42. The number of aliphatic carboxylic acids is 1. The van der Waals surface area contributed by atoms with Crippen molar-refractivity contribution in [2.75, 3.05) is 33.3 Å². The number of nitrogens with one attached hydrogen (secondary N) is 1. The van der Waals surface area contributed by atoms with Crippen LogP contribution < -0.4 is 10.1 Å². The third kappa shape index (κ3) is 6.89. The van der Waals surface area contributed by atoms with E-state index >= 15 is 0 Å². The lowest BCUT2D eigenvalue weighted by Gasteiger charge is -2.28. The van der Waals surface area contributed by atoms with Crippen molar-refractivity contribution in [3.05, 3.63) is 69.0 Å². The SMILES string of the molecule is COCc1cc2c(F)c(F)cc(-c3ccc(OCc4nc(C(=O)N(CC(=O)O)CC5CCNCC5)cs4)cc3)c2s1. The number of halogens is 2.